The van der Waals surface area contributed by atoms with Gasteiger partial charge in [-0.05, 0) is 29.8 Å². The first-order chi connectivity index (χ1) is 14.2. The Balaban J connectivity index is 1.72. The van der Waals surface area contributed by atoms with E-state index in [9.17, 15) is 5.11 Å². The van der Waals surface area contributed by atoms with Crippen molar-refractivity contribution in [2.24, 2.45) is 5.10 Å². The summed E-state index contributed by atoms with van der Waals surface area (Å²) in [4.78, 5) is 0. The number of methoxy groups -OCH3 is 2. The van der Waals surface area contributed by atoms with Crippen LogP contribution >= 0.6 is 0 Å². The summed E-state index contributed by atoms with van der Waals surface area (Å²) < 4.78 is 16.7. The summed E-state index contributed by atoms with van der Waals surface area (Å²) in [5, 5.41) is 15.2. The van der Waals surface area contributed by atoms with E-state index in [2.05, 4.69) is 10.5 Å². The number of nitrogens with one attached hydrogen (secondary N) is 1. The summed E-state index contributed by atoms with van der Waals surface area (Å²) in [7, 11) is 3.19. The average molecular weight is 390 g/mol. The van der Waals surface area contributed by atoms with Crippen LogP contribution in [-0.4, -0.2) is 25.0 Å². The number of aromatic hydroxyl groups is 1. The lowest BCUT2D eigenvalue weighted by Gasteiger charge is -2.28. The van der Waals surface area contributed by atoms with Crippen LogP contribution in [0.5, 0.6) is 23.0 Å². The van der Waals surface area contributed by atoms with Crippen LogP contribution in [0.3, 0.4) is 0 Å². The number of hydrogen-bond donors (Lipinski definition) is 2. The van der Waals surface area contributed by atoms with Gasteiger partial charge in [-0.3, -0.25) is 5.43 Å². The fourth-order valence-electron chi connectivity index (χ4n) is 3.30. The Kier molecular flexibility index (Phi) is 5.24. The van der Waals surface area contributed by atoms with Gasteiger partial charge in [0.15, 0.2) is 0 Å². The van der Waals surface area contributed by atoms with E-state index in [-0.39, 0.29) is 11.9 Å². The molecule has 3 aromatic carbocycles. The van der Waals surface area contributed by atoms with Crippen molar-refractivity contribution in [1.82, 2.24) is 0 Å². The van der Waals surface area contributed by atoms with Gasteiger partial charge in [-0.25, -0.2) is 0 Å². The summed E-state index contributed by atoms with van der Waals surface area (Å²) in [5.74, 6) is 1.90. The highest BCUT2D eigenvalue weighted by Crippen LogP contribution is 2.42. The van der Waals surface area contributed by atoms with Crippen molar-refractivity contribution in [3.8, 4) is 23.0 Å². The molecule has 0 amide bonds. The number of rotatable bonds is 5. The Morgan fingerprint density at radius 1 is 0.966 bits per heavy atom. The van der Waals surface area contributed by atoms with Gasteiger partial charge in [0.25, 0.3) is 0 Å². The molecule has 0 saturated carbocycles. The SMILES string of the molecule is COc1ccc([C@@H]2C/C(=N\Nc3ccccc3)c3c(O)cc(OC)cc3O2)cc1. The zero-order valence-corrected chi connectivity index (χ0v) is 16.3. The van der Waals surface area contributed by atoms with Crippen LogP contribution in [0.25, 0.3) is 0 Å². The molecule has 0 aliphatic carbocycles. The van der Waals surface area contributed by atoms with Gasteiger partial charge in [0.05, 0.1) is 31.2 Å². The minimum Gasteiger partial charge on any atom is -0.507 e. The number of phenols is 1. The van der Waals surface area contributed by atoms with Gasteiger partial charge < -0.3 is 19.3 Å². The standard InChI is InChI=1S/C23H22N2O4/c1-27-17-10-8-15(9-11-17)21-14-19(25-24-16-6-4-3-5-7-16)23-20(26)12-18(28-2)13-22(23)29-21/h3-13,21,24,26H,14H2,1-2H3/b25-19+/t21-/m0/s1. The summed E-state index contributed by atoms with van der Waals surface area (Å²) in [6.45, 7) is 0. The first-order valence-electron chi connectivity index (χ1n) is 9.27. The van der Waals surface area contributed by atoms with Crippen LogP contribution in [0.1, 0.15) is 23.7 Å². The van der Waals surface area contributed by atoms with Gasteiger partial charge in [0.1, 0.15) is 29.1 Å². The number of phenolic OH excluding ortho intramolecular Hbond substituents is 1. The number of ether oxygens (including phenoxy) is 3. The summed E-state index contributed by atoms with van der Waals surface area (Å²) in [6, 6.07) is 20.7. The third-order valence-corrected chi connectivity index (χ3v) is 4.81. The van der Waals surface area contributed by atoms with Crippen molar-refractivity contribution in [3.05, 3.63) is 77.9 Å². The molecule has 29 heavy (non-hydrogen) atoms. The molecule has 1 atom stereocenters. The zero-order chi connectivity index (χ0) is 20.2. The molecule has 0 spiro atoms. The monoisotopic (exact) mass is 390 g/mol. The molecule has 6 nitrogen and oxygen atoms in total. The number of benzene rings is 3. The number of hydrogen-bond acceptors (Lipinski definition) is 6. The molecule has 3 aromatic rings. The molecule has 0 saturated heterocycles. The fraction of sp³-hybridized carbons (Fsp3) is 0.174. The second kappa shape index (κ2) is 8.14. The highest BCUT2D eigenvalue weighted by Gasteiger charge is 2.30. The molecule has 4 rings (SSSR count). The molecule has 1 aliphatic rings. The molecule has 0 radical (unpaired) electrons. The molecule has 0 unspecified atom stereocenters. The maximum absolute atomic E-state index is 10.6. The highest BCUT2D eigenvalue weighted by atomic mass is 16.5. The molecule has 1 heterocycles. The topological polar surface area (TPSA) is 72.3 Å². The van der Waals surface area contributed by atoms with Crippen LogP contribution in [-0.2, 0) is 0 Å². The van der Waals surface area contributed by atoms with E-state index >= 15 is 0 Å². The van der Waals surface area contributed by atoms with E-state index < -0.39 is 0 Å². The fourth-order valence-corrected chi connectivity index (χ4v) is 3.30. The number of hydrazone groups is 1. The van der Waals surface area contributed by atoms with Crippen LogP contribution in [0.4, 0.5) is 5.69 Å². The summed E-state index contributed by atoms with van der Waals surface area (Å²) >= 11 is 0. The minimum atomic E-state index is -0.253. The second-order valence-electron chi connectivity index (χ2n) is 6.64. The Hall–Kier alpha value is -3.67. The van der Waals surface area contributed by atoms with Gasteiger partial charge in [-0.15, -0.1) is 0 Å². The smallest absolute Gasteiger partial charge is 0.136 e. The van der Waals surface area contributed by atoms with Gasteiger partial charge in [0.2, 0.25) is 0 Å². The first kappa shape index (κ1) is 18.7. The van der Waals surface area contributed by atoms with E-state index in [1.807, 2.05) is 54.6 Å². The third-order valence-electron chi connectivity index (χ3n) is 4.81. The Morgan fingerprint density at radius 2 is 1.69 bits per heavy atom. The number of anilines is 1. The van der Waals surface area contributed by atoms with Crippen LogP contribution in [0.15, 0.2) is 71.8 Å². The van der Waals surface area contributed by atoms with Crippen molar-refractivity contribution < 1.29 is 19.3 Å². The normalized spacial score (nSPS) is 16.6. The predicted molar refractivity (Wildman–Crippen MR) is 112 cm³/mol. The molecule has 6 heteroatoms. The Morgan fingerprint density at radius 3 is 2.38 bits per heavy atom. The largest absolute Gasteiger partial charge is 0.507 e. The molecule has 1 aliphatic heterocycles. The minimum absolute atomic E-state index is 0.0705. The van der Waals surface area contributed by atoms with Gasteiger partial charge in [-0.2, -0.15) is 5.10 Å². The van der Waals surface area contributed by atoms with E-state index in [1.165, 1.54) is 0 Å². The third kappa shape index (κ3) is 3.96. The van der Waals surface area contributed by atoms with Crippen molar-refractivity contribution in [3.63, 3.8) is 0 Å². The lowest BCUT2D eigenvalue weighted by molar-refractivity contribution is 0.204. The van der Waals surface area contributed by atoms with Crippen LogP contribution in [0, 0.1) is 0 Å². The van der Waals surface area contributed by atoms with Gasteiger partial charge in [0, 0.05) is 18.6 Å². The lowest BCUT2D eigenvalue weighted by atomic mass is 9.94. The van der Waals surface area contributed by atoms with E-state index in [1.54, 1.807) is 26.4 Å². The molecular weight excluding hydrogens is 368 g/mol. The maximum atomic E-state index is 10.6. The van der Waals surface area contributed by atoms with Crippen LogP contribution in [0.2, 0.25) is 0 Å². The number of fused-ring (bicyclic) bond motifs is 1. The zero-order valence-electron chi connectivity index (χ0n) is 16.3. The molecular formula is C23H22N2O4. The predicted octanol–water partition coefficient (Wildman–Crippen LogP) is 4.75. The molecule has 0 bridgehead atoms. The molecule has 0 fully saturated rings. The summed E-state index contributed by atoms with van der Waals surface area (Å²) in [5.41, 5.74) is 6.20. The average Bonchev–Trinajstić information content (AvgIpc) is 2.77. The van der Waals surface area contributed by atoms with Crippen molar-refractivity contribution in [2.45, 2.75) is 12.5 Å². The molecule has 2 N–H and O–H groups in total. The lowest BCUT2D eigenvalue weighted by Crippen LogP contribution is -2.22. The van der Waals surface area contributed by atoms with E-state index in [0.717, 1.165) is 17.0 Å². The quantitative estimate of drug-likeness (QED) is 0.615. The maximum Gasteiger partial charge on any atom is 0.136 e. The Labute approximate surface area is 169 Å². The van der Waals surface area contributed by atoms with Crippen LogP contribution < -0.4 is 19.6 Å². The van der Waals surface area contributed by atoms with E-state index in [4.69, 9.17) is 14.2 Å². The van der Waals surface area contributed by atoms with Crippen molar-refractivity contribution >= 4 is 11.4 Å². The van der Waals surface area contributed by atoms with E-state index in [0.29, 0.717) is 29.2 Å². The first-order valence-corrected chi connectivity index (χ1v) is 9.27. The van der Waals surface area contributed by atoms with Gasteiger partial charge in [-0.1, -0.05) is 30.3 Å². The highest BCUT2D eigenvalue weighted by molar-refractivity contribution is 6.06. The second-order valence-corrected chi connectivity index (χ2v) is 6.64. The summed E-state index contributed by atoms with van der Waals surface area (Å²) in [6.07, 6.45) is 0.246. The molecule has 148 valence electrons. The number of para-hydroxylation sites is 1. The van der Waals surface area contributed by atoms with Crippen molar-refractivity contribution in [1.29, 1.82) is 0 Å². The van der Waals surface area contributed by atoms with Crippen molar-refractivity contribution in [2.75, 3.05) is 19.6 Å². The Bertz CT molecular complexity index is 1020. The van der Waals surface area contributed by atoms with Gasteiger partial charge >= 0.3 is 0 Å². The molecule has 0 aromatic heterocycles. The number of nitrogens with zero attached hydrogens (tertiary/aromatic N) is 1.